The lowest BCUT2D eigenvalue weighted by atomic mass is 10.2. The molecule has 0 aliphatic rings. The van der Waals surface area contributed by atoms with Crippen molar-refractivity contribution in [2.45, 2.75) is 39.0 Å². The molecule has 0 saturated carbocycles. The van der Waals surface area contributed by atoms with Crippen LogP contribution >= 0.6 is 0 Å². The quantitative estimate of drug-likeness (QED) is 0.0934. The molecule has 0 rings (SSSR count). The molecule has 0 aliphatic carbocycles. The molecule has 0 aliphatic heterocycles. The maximum Gasteiger partial charge on any atom is 0.0701 e. The molecule has 14 heteroatoms. The molecular formula is C33H69NO13. The highest BCUT2D eigenvalue weighted by molar-refractivity contribution is 4.43. The van der Waals surface area contributed by atoms with Gasteiger partial charge in [0.15, 0.2) is 0 Å². The van der Waals surface area contributed by atoms with Crippen LogP contribution in [0, 0.1) is 0 Å². The van der Waals surface area contributed by atoms with Crippen LogP contribution in [0.3, 0.4) is 0 Å². The van der Waals surface area contributed by atoms with Crippen LogP contribution in [0.2, 0.25) is 0 Å². The second-order valence-corrected chi connectivity index (χ2v) is 10.2. The summed E-state index contributed by atoms with van der Waals surface area (Å²) in [6.07, 6.45) is 6.27. The van der Waals surface area contributed by atoms with Gasteiger partial charge in [0.05, 0.1) is 165 Å². The van der Waals surface area contributed by atoms with E-state index in [0.717, 1.165) is 13.0 Å². The molecule has 0 aromatic rings. The normalized spacial score (nSPS) is 11.6. The molecule has 0 fully saturated rings. The summed E-state index contributed by atoms with van der Waals surface area (Å²) in [6.45, 7) is 17.0. The maximum absolute atomic E-state index is 5.56. The zero-order valence-electron chi connectivity index (χ0n) is 29.5. The predicted molar refractivity (Wildman–Crippen MR) is 178 cm³/mol. The minimum Gasteiger partial charge on any atom is -0.379 e. The van der Waals surface area contributed by atoms with Crippen molar-refractivity contribution in [3.05, 3.63) is 0 Å². The van der Waals surface area contributed by atoms with Gasteiger partial charge in [0.1, 0.15) is 0 Å². The largest absolute Gasteiger partial charge is 0.379 e. The van der Waals surface area contributed by atoms with Gasteiger partial charge in [-0.05, 0) is 6.42 Å². The van der Waals surface area contributed by atoms with Crippen molar-refractivity contribution in [3.63, 3.8) is 0 Å². The summed E-state index contributed by atoms with van der Waals surface area (Å²) >= 11 is 0. The Kier molecular flexibility index (Phi) is 44.9. The molecule has 0 unspecified atom stereocenters. The third kappa shape index (κ3) is 45.4. The van der Waals surface area contributed by atoms with E-state index < -0.39 is 0 Å². The van der Waals surface area contributed by atoms with E-state index >= 15 is 0 Å². The van der Waals surface area contributed by atoms with Crippen LogP contribution < -0.4 is 5.73 Å². The fourth-order valence-corrected chi connectivity index (χ4v) is 3.63. The van der Waals surface area contributed by atoms with Gasteiger partial charge >= 0.3 is 0 Å². The van der Waals surface area contributed by atoms with Crippen LogP contribution in [0.4, 0.5) is 0 Å². The van der Waals surface area contributed by atoms with Gasteiger partial charge in [-0.3, -0.25) is 0 Å². The molecule has 0 saturated heterocycles. The summed E-state index contributed by atoms with van der Waals surface area (Å²) in [5, 5.41) is 0. The van der Waals surface area contributed by atoms with E-state index in [1.807, 2.05) is 0 Å². The van der Waals surface area contributed by atoms with Crippen LogP contribution in [0.25, 0.3) is 0 Å². The van der Waals surface area contributed by atoms with E-state index in [4.69, 9.17) is 67.3 Å². The number of ether oxygens (including phenoxy) is 13. The van der Waals surface area contributed by atoms with Gasteiger partial charge in [0.25, 0.3) is 0 Å². The zero-order valence-corrected chi connectivity index (χ0v) is 29.5. The minimum atomic E-state index is 0.512. The van der Waals surface area contributed by atoms with E-state index in [2.05, 4.69) is 6.92 Å². The molecular weight excluding hydrogens is 618 g/mol. The highest BCUT2D eigenvalue weighted by atomic mass is 16.6. The Hall–Kier alpha value is -0.560. The fourth-order valence-electron chi connectivity index (χ4n) is 3.63. The van der Waals surface area contributed by atoms with Crippen LogP contribution in [-0.4, -0.2) is 178 Å². The number of rotatable bonds is 44. The lowest BCUT2D eigenvalue weighted by Gasteiger charge is -2.09. The van der Waals surface area contributed by atoms with Crippen molar-refractivity contribution in [2.24, 2.45) is 5.73 Å². The molecule has 2 N–H and O–H groups in total. The van der Waals surface area contributed by atoms with Crippen LogP contribution in [-0.2, 0) is 61.6 Å². The van der Waals surface area contributed by atoms with E-state index in [-0.39, 0.29) is 0 Å². The van der Waals surface area contributed by atoms with Crippen molar-refractivity contribution < 1.29 is 61.6 Å². The Balaban J connectivity index is 3.03. The van der Waals surface area contributed by atoms with Gasteiger partial charge in [0, 0.05) is 13.2 Å². The molecule has 0 atom stereocenters. The molecule has 0 amide bonds. The first-order chi connectivity index (χ1) is 23.4. The fraction of sp³-hybridized carbons (Fsp3) is 1.00. The number of unbranched alkanes of at least 4 members (excludes halogenated alkanes) is 4. The summed E-state index contributed by atoms with van der Waals surface area (Å²) in [5.74, 6) is 0. The molecule has 0 aromatic carbocycles. The molecule has 0 radical (unpaired) electrons. The molecule has 14 nitrogen and oxygen atoms in total. The summed E-state index contributed by atoms with van der Waals surface area (Å²) in [7, 11) is 0. The van der Waals surface area contributed by atoms with E-state index in [0.29, 0.717) is 172 Å². The summed E-state index contributed by atoms with van der Waals surface area (Å²) in [5.41, 5.74) is 5.33. The molecule has 0 heterocycles. The van der Waals surface area contributed by atoms with Gasteiger partial charge < -0.3 is 67.3 Å². The standard InChI is InChI=1S/C33H69NO13/c1-2-3-4-5-6-8-35-10-12-37-14-16-39-18-20-41-22-24-43-26-28-45-30-32-47-33-31-46-29-27-44-25-23-42-21-19-40-17-15-38-13-11-36-9-7-34/h2-34H2,1H3. The number of hydrogen-bond acceptors (Lipinski definition) is 14. The van der Waals surface area contributed by atoms with Crippen molar-refractivity contribution in [3.8, 4) is 0 Å². The van der Waals surface area contributed by atoms with E-state index in [1.54, 1.807) is 0 Å². The Morgan fingerprint density at radius 1 is 0.234 bits per heavy atom. The lowest BCUT2D eigenvalue weighted by molar-refractivity contribution is -0.0290. The van der Waals surface area contributed by atoms with Crippen molar-refractivity contribution in [1.29, 1.82) is 0 Å². The van der Waals surface area contributed by atoms with Crippen molar-refractivity contribution in [1.82, 2.24) is 0 Å². The predicted octanol–water partition coefficient (Wildman–Crippen LogP) is 2.13. The number of nitrogens with two attached hydrogens (primary N) is 1. The Morgan fingerprint density at radius 2 is 0.426 bits per heavy atom. The number of hydrogen-bond donors (Lipinski definition) is 1. The summed E-state index contributed by atoms with van der Waals surface area (Å²) < 4.78 is 70.9. The smallest absolute Gasteiger partial charge is 0.0701 e. The minimum absolute atomic E-state index is 0.512. The van der Waals surface area contributed by atoms with Crippen LogP contribution in [0.15, 0.2) is 0 Å². The first-order valence-electron chi connectivity index (χ1n) is 17.6. The first-order valence-corrected chi connectivity index (χ1v) is 17.6. The Labute approximate surface area is 284 Å². The first kappa shape index (κ1) is 46.4. The van der Waals surface area contributed by atoms with Crippen LogP contribution in [0.1, 0.15) is 39.0 Å². The second kappa shape index (κ2) is 45.4. The Bertz CT molecular complexity index is 497. The molecule has 0 spiro atoms. The monoisotopic (exact) mass is 687 g/mol. The van der Waals surface area contributed by atoms with Crippen molar-refractivity contribution >= 4 is 0 Å². The molecule has 47 heavy (non-hydrogen) atoms. The lowest BCUT2D eigenvalue weighted by Crippen LogP contribution is -2.16. The summed E-state index contributed by atoms with van der Waals surface area (Å²) in [6, 6.07) is 0. The Morgan fingerprint density at radius 3 is 0.638 bits per heavy atom. The molecule has 284 valence electrons. The highest BCUT2D eigenvalue weighted by Gasteiger charge is 1.97. The van der Waals surface area contributed by atoms with E-state index in [1.165, 1.54) is 25.7 Å². The average Bonchev–Trinajstić information content (AvgIpc) is 3.08. The SMILES string of the molecule is CCCCCCCOCCOCCOCCOCCOCCOCCOCCOCCOCCOCCOCCOCCOCCN. The zero-order chi connectivity index (χ0) is 33.8. The van der Waals surface area contributed by atoms with Gasteiger partial charge in [-0.2, -0.15) is 0 Å². The average molecular weight is 688 g/mol. The van der Waals surface area contributed by atoms with Gasteiger partial charge in [-0.15, -0.1) is 0 Å². The van der Waals surface area contributed by atoms with E-state index in [9.17, 15) is 0 Å². The second-order valence-electron chi connectivity index (χ2n) is 10.2. The third-order valence-electron chi connectivity index (χ3n) is 6.12. The van der Waals surface area contributed by atoms with Gasteiger partial charge in [-0.1, -0.05) is 32.6 Å². The van der Waals surface area contributed by atoms with Crippen LogP contribution in [0.5, 0.6) is 0 Å². The van der Waals surface area contributed by atoms with Crippen molar-refractivity contribution in [2.75, 3.05) is 178 Å². The van der Waals surface area contributed by atoms with Gasteiger partial charge in [0.2, 0.25) is 0 Å². The third-order valence-corrected chi connectivity index (χ3v) is 6.12. The highest BCUT2D eigenvalue weighted by Crippen LogP contribution is 2.02. The topological polar surface area (TPSA) is 146 Å². The summed E-state index contributed by atoms with van der Waals surface area (Å²) in [4.78, 5) is 0. The molecule has 0 aromatic heterocycles. The maximum atomic E-state index is 5.56. The molecule has 0 bridgehead atoms. The van der Waals surface area contributed by atoms with Gasteiger partial charge in [-0.25, -0.2) is 0 Å².